The third-order valence-corrected chi connectivity index (χ3v) is 3.52. The second-order valence-electron chi connectivity index (χ2n) is 5.24. The smallest absolute Gasteiger partial charge is 0.223 e. The molecule has 1 aliphatic rings. The minimum Gasteiger partial charge on any atom is -0.463 e. The maximum atomic E-state index is 11.3. The van der Waals surface area contributed by atoms with Crippen LogP contribution in [0.15, 0.2) is 24.3 Å². The van der Waals surface area contributed by atoms with Crippen LogP contribution in [-0.4, -0.2) is 64.8 Å². The van der Waals surface area contributed by atoms with E-state index in [1.165, 1.54) is 31.2 Å². The number of aliphatic hydroxyl groups excluding tert-OH is 3. The lowest BCUT2D eigenvalue weighted by Gasteiger charge is -2.42. The summed E-state index contributed by atoms with van der Waals surface area (Å²) in [4.78, 5) is 21.9. The topological polar surface area (TPSA) is 125 Å². The fourth-order valence-electron chi connectivity index (χ4n) is 2.33. The number of hydrogen-bond donors (Lipinski definition) is 4. The Balaban J connectivity index is 2.19. The van der Waals surface area contributed by atoms with Crippen LogP contribution < -0.4 is 10.1 Å². The molecule has 5 atom stereocenters. The zero-order valence-corrected chi connectivity index (χ0v) is 12.5. The van der Waals surface area contributed by atoms with Crippen LogP contribution in [0, 0.1) is 0 Å². The molecule has 126 valence electrons. The molecule has 4 N–H and O–H groups in total. The number of aliphatic hydroxyl groups is 3. The van der Waals surface area contributed by atoms with Crippen molar-refractivity contribution in [1.82, 2.24) is 5.32 Å². The van der Waals surface area contributed by atoms with Gasteiger partial charge in [-0.2, -0.15) is 0 Å². The molecule has 1 fully saturated rings. The number of carbonyl (C=O) groups is 2. The first kappa shape index (κ1) is 17.4. The highest BCUT2D eigenvalue weighted by atomic mass is 16.7. The van der Waals surface area contributed by atoms with E-state index < -0.39 is 43.2 Å². The molecular weight excluding hydrogens is 306 g/mol. The molecule has 1 aliphatic heterocycles. The molecule has 0 saturated carbocycles. The molecule has 0 bridgehead atoms. The lowest BCUT2D eigenvalue weighted by molar-refractivity contribution is -0.244. The highest BCUT2D eigenvalue weighted by Crippen LogP contribution is 2.24. The van der Waals surface area contributed by atoms with Gasteiger partial charge in [-0.05, 0) is 24.3 Å². The van der Waals surface area contributed by atoms with E-state index in [0.717, 1.165) is 0 Å². The summed E-state index contributed by atoms with van der Waals surface area (Å²) >= 11 is 0. The van der Waals surface area contributed by atoms with Crippen LogP contribution >= 0.6 is 0 Å². The summed E-state index contributed by atoms with van der Waals surface area (Å²) in [6, 6.07) is 5.11. The van der Waals surface area contributed by atoms with Gasteiger partial charge in [0.15, 0.2) is 0 Å². The average Bonchev–Trinajstić information content (AvgIpc) is 2.54. The third-order valence-electron chi connectivity index (χ3n) is 3.52. The quantitative estimate of drug-likeness (QED) is 0.502. The summed E-state index contributed by atoms with van der Waals surface area (Å²) < 4.78 is 11.0. The SMILES string of the molecule is CC(=O)N[C@@H]1[C@@H](Oc2ccc(C=O)cc2)O[C@@H](CO)[C@H](O)[C@@H]1O. The molecule has 1 aromatic rings. The molecule has 1 saturated heterocycles. The normalized spacial score (nSPS) is 30.5. The molecule has 23 heavy (non-hydrogen) atoms. The number of aldehydes is 1. The van der Waals surface area contributed by atoms with E-state index in [1.807, 2.05) is 0 Å². The van der Waals surface area contributed by atoms with Crippen molar-refractivity contribution in [2.75, 3.05) is 6.61 Å². The Morgan fingerprint density at radius 2 is 1.96 bits per heavy atom. The van der Waals surface area contributed by atoms with E-state index in [0.29, 0.717) is 17.6 Å². The van der Waals surface area contributed by atoms with E-state index in [1.54, 1.807) is 0 Å². The predicted octanol–water partition coefficient (Wildman–Crippen LogP) is -1.18. The van der Waals surface area contributed by atoms with Crippen LogP contribution in [-0.2, 0) is 9.53 Å². The second kappa shape index (κ2) is 7.51. The van der Waals surface area contributed by atoms with Gasteiger partial charge in [0.05, 0.1) is 6.61 Å². The molecule has 1 heterocycles. The van der Waals surface area contributed by atoms with Crippen molar-refractivity contribution < 1.29 is 34.4 Å². The van der Waals surface area contributed by atoms with Gasteiger partial charge in [-0.25, -0.2) is 0 Å². The van der Waals surface area contributed by atoms with Crippen LogP contribution in [0.4, 0.5) is 0 Å². The van der Waals surface area contributed by atoms with Crippen molar-refractivity contribution in [1.29, 1.82) is 0 Å². The van der Waals surface area contributed by atoms with E-state index in [4.69, 9.17) is 9.47 Å². The summed E-state index contributed by atoms with van der Waals surface area (Å²) in [5.74, 6) is -0.0894. The number of carbonyl (C=O) groups excluding carboxylic acids is 2. The van der Waals surface area contributed by atoms with Crippen molar-refractivity contribution in [2.45, 2.75) is 37.6 Å². The van der Waals surface area contributed by atoms with Gasteiger partial charge in [0, 0.05) is 12.5 Å². The van der Waals surface area contributed by atoms with Crippen molar-refractivity contribution in [3.8, 4) is 5.75 Å². The first-order valence-corrected chi connectivity index (χ1v) is 7.07. The summed E-state index contributed by atoms with van der Waals surface area (Å²) in [5.41, 5.74) is 0.462. The third kappa shape index (κ3) is 4.05. The van der Waals surface area contributed by atoms with Gasteiger partial charge in [-0.3, -0.25) is 9.59 Å². The molecule has 1 amide bonds. The number of rotatable bonds is 5. The molecule has 0 aromatic heterocycles. The summed E-state index contributed by atoms with van der Waals surface area (Å²) in [5, 5.41) is 31.7. The van der Waals surface area contributed by atoms with E-state index in [9.17, 15) is 24.9 Å². The lowest BCUT2D eigenvalue weighted by Crippen LogP contribution is -2.65. The Kier molecular flexibility index (Phi) is 5.67. The monoisotopic (exact) mass is 325 g/mol. The highest BCUT2D eigenvalue weighted by molar-refractivity contribution is 5.75. The molecule has 0 aliphatic carbocycles. The van der Waals surface area contributed by atoms with Gasteiger partial charge >= 0.3 is 0 Å². The van der Waals surface area contributed by atoms with E-state index in [-0.39, 0.29) is 0 Å². The molecule has 8 heteroatoms. The Hall–Kier alpha value is -2.00. The first-order valence-electron chi connectivity index (χ1n) is 7.07. The average molecular weight is 325 g/mol. The van der Waals surface area contributed by atoms with Crippen LogP contribution in [0.5, 0.6) is 5.75 Å². The number of amides is 1. The maximum Gasteiger partial charge on any atom is 0.223 e. The largest absolute Gasteiger partial charge is 0.463 e. The van der Waals surface area contributed by atoms with Crippen molar-refractivity contribution in [2.24, 2.45) is 0 Å². The summed E-state index contributed by atoms with van der Waals surface area (Å²) in [7, 11) is 0. The van der Waals surface area contributed by atoms with Crippen LogP contribution in [0.1, 0.15) is 17.3 Å². The van der Waals surface area contributed by atoms with Crippen LogP contribution in [0.25, 0.3) is 0 Å². The predicted molar refractivity (Wildman–Crippen MR) is 77.8 cm³/mol. The number of nitrogens with one attached hydrogen (secondary N) is 1. The minimum absolute atomic E-state index is 0.344. The van der Waals surface area contributed by atoms with Gasteiger partial charge in [0.25, 0.3) is 0 Å². The Labute approximate surface area is 132 Å². The summed E-state index contributed by atoms with van der Waals surface area (Å²) in [6.45, 7) is 0.738. The molecule has 0 spiro atoms. The minimum atomic E-state index is -1.37. The van der Waals surface area contributed by atoms with E-state index in [2.05, 4.69) is 5.32 Å². The number of hydrogen-bond acceptors (Lipinski definition) is 7. The van der Waals surface area contributed by atoms with Gasteiger partial charge in [-0.1, -0.05) is 0 Å². The maximum absolute atomic E-state index is 11.3. The van der Waals surface area contributed by atoms with Crippen molar-refractivity contribution in [3.63, 3.8) is 0 Å². The van der Waals surface area contributed by atoms with Gasteiger partial charge in [0.2, 0.25) is 12.2 Å². The van der Waals surface area contributed by atoms with Crippen LogP contribution in [0.3, 0.4) is 0 Å². The highest BCUT2D eigenvalue weighted by Gasteiger charge is 2.46. The van der Waals surface area contributed by atoms with Crippen molar-refractivity contribution >= 4 is 12.2 Å². The fourth-order valence-corrected chi connectivity index (χ4v) is 2.33. The molecular formula is C15H19NO7. The lowest BCUT2D eigenvalue weighted by atomic mass is 9.97. The molecule has 0 unspecified atom stereocenters. The molecule has 8 nitrogen and oxygen atoms in total. The second-order valence-corrected chi connectivity index (χ2v) is 5.24. The van der Waals surface area contributed by atoms with Crippen molar-refractivity contribution in [3.05, 3.63) is 29.8 Å². The first-order chi connectivity index (χ1) is 11.0. The Morgan fingerprint density at radius 1 is 1.30 bits per heavy atom. The zero-order chi connectivity index (χ0) is 17.0. The Bertz CT molecular complexity index is 547. The fraction of sp³-hybridized carbons (Fsp3) is 0.467. The Morgan fingerprint density at radius 3 is 2.48 bits per heavy atom. The standard InChI is InChI=1S/C15H19NO7/c1-8(19)16-12-14(21)13(20)11(7-18)23-15(12)22-10-4-2-9(6-17)3-5-10/h2-6,11-15,18,20-21H,7H2,1H3,(H,16,19)/t11-,12-,13-,14+,15-/m0/s1. The number of benzene rings is 1. The van der Waals surface area contributed by atoms with Gasteiger partial charge in [-0.15, -0.1) is 0 Å². The zero-order valence-electron chi connectivity index (χ0n) is 12.5. The van der Waals surface area contributed by atoms with Gasteiger partial charge < -0.3 is 30.1 Å². The molecule has 0 radical (unpaired) electrons. The van der Waals surface area contributed by atoms with Gasteiger partial charge in [0.1, 0.15) is 36.4 Å². The number of ether oxygens (including phenoxy) is 2. The molecule has 1 aromatic carbocycles. The summed E-state index contributed by atoms with van der Waals surface area (Å²) in [6.07, 6.45) is -4.22. The van der Waals surface area contributed by atoms with E-state index >= 15 is 0 Å². The van der Waals surface area contributed by atoms with Crippen LogP contribution in [0.2, 0.25) is 0 Å². The molecule has 2 rings (SSSR count).